The Morgan fingerprint density at radius 1 is 1.50 bits per heavy atom. The molecule has 0 saturated carbocycles. The van der Waals surface area contributed by atoms with Crippen LogP contribution in [0.2, 0.25) is 0 Å². The van der Waals surface area contributed by atoms with Crippen molar-refractivity contribution in [1.29, 1.82) is 0 Å². The molecule has 0 saturated heterocycles. The monoisotopic (exact) mass is 191 g/mol. The van der Waals surface area contributed by atoms with E-state index in [0.29, 0.717) is 0 Å². The van der Waals surface area contributed by atoms with Crippen molar-refractivity contribution >= 4 is 0 Å². The van der Waals surface area contributed by atoms with Crippen molar-refractivity contribution in [3.8, 4) is 0 Å². The molecule has 3 nitrogen and oxygen atoms in total. The SMILES string of the molecule is C1=C(CCNCc2cnc[nH]2)CCC1. The fraction of sp³-hybridized carbons (Fsp3) is 0.545. The van der Waals surface area contributed by atoms with Crippen LogP contribution in [0.5, 0.6) is 0 Å². The lowest BCUT2D eigenvalue weighted by Gasteiger charge is -2.03. The van der Waals surface area contributed by atoms with Crippen LogP contribution in [0.1, 0.15) is 31.4 Å². The molecule has 0 spiro atoms. The zero-order valence-electron chi connectivity index (χ0n) is 8.42. The molecule has 1 heterocycles. The molecular formula is C11H17N3. The van der Waals surface area contributed by atoms with Gasteiger partial charge in [-0.3, -0.25) is 0 Å². The maximum absolute atomic E-state index is 3.97. The highest BCUT2D eigenvalue weighted by molar-refractivity contribution is 5.07. The molecule has 0 aliphatic heterocycles. The second kappa shape index (κ2) is 4.96. The van der Waals surface area contributed by atoms with Crippen LogP contribution in [0.4, 0.5) is 0 Å². The first kappa shape index (κ1) is 9.46. The van der Waals surface area contributed by atoms with E-state index >= 15 is 0 Å². The van der Waals surface area contributed by atoms with Crippen LogP contribution in [0.25, 0.3) is 0 Å². The highest BCUT2D eigenvalue weighted by Crippen LogP contribution is 2.19. The van der Waals surface area contributed by atoms with Crippen LogP contribution in [-0.4, -0.2) is 16.5 Å². The van der Waals surface area contributed by atoms with Crippen molar-refractivity contribution in [2.75, 3.05) is 6.54 Å². The van der Waals surface area contributed by atoms with Crippen LogP contribution in [0.3, 0.4) is 0 Å². The molecule has 0 unspecified atom stereocenters. The highest BCUT2D eigenvalue weighted by atomic mass is 14.9. The van der Waals surface area contributed by atoms with Crippen molar-refractivity contribution in [2.24, 2.45) is 0 Å². The number of aromatic amines is 1. The smallest absolute Gasteiger partial charge is 0.0922 e. The molecule has 0 aromatic carbocycles. The Kier molecular flexibility index (Phi) is 3.35. The third kappa shape index (κ3) is 2.70. The topological polar surface area (TPSA) is 40.7 Å². The third-order valence-electron chi connectivity index (χ3n) is 2.63. The lowest BCUT2D eigenvalue weighted by molar-refractivity contribution is 0.667. The van der Waals surface area contributed by atoms with Gasteiger partial charge >= 0.3 is 0 Å². The van der Waals surface area contributed by atoms with Crippen LogP contribution in [0.15, 0.2) is 24.2 Å². The largest absolute Gasteiger partial charge is 0.347 e. The summed E-state index contributed by atoms with van der Waals surface area (Å²) in [7, 11) is 0. The number of aromatic nitrogens is 2. The van der Waals surface area contributed by atoms with Gasteiger partial charge in [0.25, 0.3) is 0 Å². The van der Waals surface area contributed by atoms with Gasteiger partial charge in [0.2, 0.25) is 0 Å². The van der Waals surface area contributed by atoms with Gasteiger partial charge in [0.1, 0.15) is 0 Å². The Hall–Kier alpha value is -1.09. The number of hydrogen-bond acceptors (Lipinski definition) is 2. The van der Waals surface area contributed by atoms with Crippen molar-refractivity contribution < 1.29 is 0 Å². The van der Waals surface area contributed by atoms with E-state index < -0.39 is 0 Å². The summed E-state index contributed by atoms with van der Waals surface area (Å²) in [6.07, 6.45) is 11.1. The van der Waals surface area contributed by atoms with Gasteiger partial charge in [-0.2, -0.15) is 0 Å². The molecule has 0 bridgehead atoms. The van der Waals surface area contributed by atoms with Crippen LogP contribution >= 0.6 is 0 Å². The van der Waals surface area contributed by atoms with E-state index in [2.05, 4.69) is 21.4 Å². The number of H-pyrrole nitrogens is 1. The van der Waals surface area contributed by atoms with Gasteiger partial charge in [-0.15, -0.1) is 0 Å². The maximum Gasteiger partial charge on any atom is 0.0922 e. The molecule has 1 aromatic rings. The quantitative estimate of drug-likeness (QED) is 0.552. The minimum absolute atomic E-state index is 0.896. The minimum atomic E-state index is 0.896. The van der Waals surface area contributed by atoms with E-state index in [1.807, 2.05) is 6.20 Å². The predicted molar refractivity (Wildman–Crippen MR) is 56.8 cm³/mol. The minimum Gasteiger partial charge on any atom is -0.347 e. The molecule has 0 fully saturated rings. The van der Waals surface area contributed by atoms with E-state index in [9.17, 15) is 0 Å². The Labute approximate surface area is 84.6 Å². The summed E-state index contributed by atoms with van der Waals surface area (Å²) in [6, 6.07) is 0. The van der Waals surface area contributed by atoms with E-state index in [4.69, 9.17) is 0 Å². The number of nitrogens with zero attached hydrogens (tertiary/aromatic N) is 1. The Balaban J connectivity index is 1.59. The number of nitrogens with one attached hydrogen (secondary N) is 2. The Morgan fingerprint density at radius 2 is 2.50 bits per heavy atom. The molecule has 1 aliphatic carbocycles. The first-order valence-electron chi connectivity index (χ1n) is 5.31. The number of rotatable bonds is 5. The Bertz CT molecular complexity index is 287. The molecule has 0 amide bonds. The number of hydrogen-bond donors (Lipinski definition) is 2. The average molecular weight is 191 g/mol. The van der Waals surface area contributed by atoms with Crippen LogP contribution in [0, 0.1) is 0 Å². The summed E-state index contributed by atoms with van der Waals surface area (Å²) in [4.78, 5) is 7.05. The molecule has 76 valence electrons. The lowest BCUT2D eigenvalue weighted by atomic mass is 10.2. The van der Waals surface area contributed by atoms with Crippen molar-refractivity contribution in [1.82, 2.24) is 15.3 Å². The summed E-state index contributed by atoms with van der Waals surface area (Å²) in [5.74, 6) is 0. The molecule has 0 radical (unpaired) electrons. The molecular weight excluding hydrogens is 174 g/mol. The molecule has 3 heteroatoms. The normalized spacial score (nSPS) is 15.9. The summed E-state index contributed by atoms with van der Waals surface area (Å²) < 4.78 is 0. The average Bonchev–Trinajstić information content (AvgIpc) is 2.86. The molecule has 1 aromatic heterocycles. The standard InChI is InChI=1S/C11H17N3/c1-2-4-10(3-1)5-6-12-7-11-8-13-9-14-11/h3,8-9,12H,1-2,4-7H2,(H,13,14). The van der Waals surface area contributed by atoms with Crippen LogP contribution < -0.4 is 5.32 Å². The summed E-state index contributed by atoms with van der Waals surface area (Å²) in [6.45, 7) is 1.97. The van der Waals surface area contributed by atoms with Crippen LogP contribution in [-0.2, 0) is 6.54 Å². The fourth-order valence-corrected chi connectivity index (χ4v) is 1.82. The molecule has 2 N–H and O–H groups in total. The molecule has 0 atom stereocenters. The molecule has 1 aliphatic rings. The molecule has 2 rings (SSSR count). The zero-order chi connectivity index (χ0) is 9.64. The van der Waals surface area contributed by atoms with Gasteiger partial charge in [-0.05, 0) is 32.2 Å². The van der Waals surface area contributed by atoms with Crippen molar-refractivity contribution in [2.45, 2.75) is 32.2 Å². The van der Waals surface area contributed by atoms with Crippen molar-refractivity contribution in [3.63, 3.8) is 0 Å². The number of allylic oxidation sites excluding steroid dienone is 1. The van der Waals surface area contributed by atoms with E-state index in [1.165, 1.54) is 25.7 Å². The second-order valence-corrected chi connectivity index (χ2v) is 3.76. The van der Waals surface area contributed by atoms with Gasteiger partial charge in [0.05, 0.1) is 6.33 Å². The summed E-state index contributed by atoms with van der Waals surface area (Å²) in [5, 5.41) is 3.40. The van der Waals surface area contributed by atoms with Gasteiger partial charge in [-0.1, -0.05) is 11.6 Å². The van der Waals surface area contributed by atoms with Gasteiger partial charge in [-0.25, -0.2) is 4.98 Å². The fourth-order valence-electron chi connectivity index (χ4n) is 1.82. The maximum atomic E-state index is 3.97. The highest BCUT2D eigenvalue weighted by Gasteiger charge is 2.03. The first-order valence-corrected chi connectivity index (χ1v) is 5.31. The summed E-state index contributed by atoms with van der Waals surface area (Å²) in [5.41, 5.74) is 2.78. The number of imidazole rings is 1. The van der Waals surface area contributed by atoms with Gasteiger partial charge < -0.3 is 10.3 Å². The third-order valence-corrected chi connectivity index (χ3v) is 2.63. The second-order valence-electron chi connectivity index (χ2n) is 3.76. The zero-order valence-corrected chi connectivity index (χ0v) is 8.42. The van der Waals surface area contributed by atoms with Gasteiger partial charge in [0, 0.05) is 18.4 Å². The Morgan fingerprint density at radius 3 is 3.21 bits per heavy atom. The van der Waals surface area contributed by atoms with E-state index in [0.717, 1.165) is 18.8 Å². The van der Waals surface area contributed by atoms with Crippen molar-refractivity contribution in [3.05, 3.63) is 29.9 Å². The first-order chi connectivity index (χ1) is 6.95. The summed E-state index contributed by atoms with van der Waals surface area (Å²) >= 11 is 0. The predicted octanol–water partition coefficient (Wildman–Crippen LogP) is 2.00. The lowest BCUT2D eigenvalue weighted by Crippen LogP contribution is -2.15. The van der Waals surface area contributed by atoms with E-state index in [1.54, 1.807) is 11.9 Å². The molecule has 14 heavy (non-hydrogen) atoms. The van der Waals surface area contributed by atoms with Gasteiger partial charge in [0.15, 0.2) is 0 Å². The van der Waals surface area contributed by atoms with E-state index in [-0.39, 0.29) is 0 Å².